The van der Waals surface area contributed by atoms with Gasteiger partial charge in [-0.15, -0.1) is 12.4 Å². The van der Waals surface area contributed by atoms with Crippen LogP contribution in [0.3, 0.4) is 0 Å². The molecule has 1 aliphatic heterocycles. The zero-order valence-corrected chi connectivity index (χ0v) is 28.2. The molecule has 1 nitrogen and oxygen atoms in total. The third-order valence-corrected chi connectivity index (χ3v) is 7.99. The van der Waals surface area contributed by atoms with Gasteiger partial charge in [0.2, 0.25) is 0 Å². The van der Waals surface area contributed by atoms with Gasteiger partial charge in [0.05, 0.1) is 5.56 Å². The lowest BCUT2D eigenvalue weighted by Crippen LogP contribution is -2.30. The minimum absolute atomic E-state index is 0. The van der Waals surface area contributed by atoms with Crippen LogP contribution in [0.15, 0.2) is 78.9 Å². The molecule has 0 fully saturated rings. The molecule has 0 radical (unpaired) electrons. The lowest BCUT2D eigenvalue weighted by Gasteiger charge is -2.27. The highest BCUT2D eigenvalue weighted by Gasteiger charge is 2.30. The minimum atomic E-state index is -4.29. The van der Waals surface area contributed by atoms with Crippen molar-refractivity contribution in [2.75, 3.05) is 25.0 Å². The molecule has 0 aromatic heterocycles. The SMILES string of the molecule is CC(C)(C)c1ccc(CCBr)cc1.CC(C)(C)c1ccc(CCN2CC=C(c3cccc(C(F)(F)F)c3)CC2)cc1.Cl. The molecule has 3 aromatic rings. The molecule has 1 aliphatic rings. The van der Waals surface area contributed by atoms with E-state index in [2.05, 4.69) is 117 Å². The molecule has 4 rings (SSSR count). The highest BCUT2D eigenvalue weighted by atomic mass is 79.9. The van der Waals surface area contributed by atoms with E-state index in [4.69, 9.17) is 0 Å². The lowest BCUT2D eigenvalue weighted by molar-refractivity contribution is -0.137. The second-order valence-corrected chi connectivity index (χ2v) is 13.7. The van der Waals surface area contributed by atoms with Gasteiger partial charge in [0, 0.05) is 25.0 Å². The fourth-order valence-electron chi connectivity index (χ4n) is 4.81. The average molecular weight is 665 g/mol. The summed E-state index contributed by atoms with van der Waals surface area (Å²) in [5, 5.41) is 1.04. The lowest BCUT2D eigenvalue weighted by atomic mass is 9.86. The van der Waals surface area contributed by atoms with Crippen molar-refractivity contribution in [1.29, 1.82) is 0 Å². The van der Waals surface area contributed by atoms with E-state index < -0.39 is 11.7 Å². The molecule has 0 saturated carbocycles. The topological polar surface area (TPSA) is 3.24 Å². The zero-order valence-electron chi connectivity index (χ0n) is 25.8. The third-order valence-electron chi connectivity index (χ3n) is 7.59. The molecular weight excluding hydrogens is 619 g/mol. The second-order valence-electron chi connectivity index (χ2n) is 12.9. The van der Waals surface area contributed by atoms with Crippen LogP contribution < -0.4 is 0 Å². The minimum Gasteiger partial charge on any atom is -0.299 e. The van der Waals surface area contributed by atoms with E-state index in [-0.39, 0.29) is 23.2 Å². The molecule has 0 bridgehead atoms. The Balaban J connectivity index is 0.000000371. The molecule has 0 atom stereocenters. The number of rotatable bonds is 6. The van der Waals surface area contributed by atoms with Gasteiger partial charge in [-0.2, -0.15) is 13.2 Å². The van der Waals surface area contributed by atoms with Crippen LogP contribution in [-0.4, -0.2) is 29.9 Å². The van der Waals surface area contributed by atoms with Crippen LogP contribution in [0.25, 0.3) is 5.57 Å². The van der Waals surface area contributed by atoms with Crippen molar-refractivity contribution in [2.45, 2.75) is 77.8 Å². The monoisotopic (exact) mass is 663 g/mol. The van der Waals surface area contributed by atoms with Crippen molar-refractivity contribution >= 4 is 33.9 Å². The van der Waals surface area contributed by atoms with Gasteiger partial charge in [0.1, 0.15) is 0 Å². The summed E-state index contributed by atoms with van der Waals surface area (Å²) in [5.41, 5.74) is 7.03. The molecule has 0 amide bonds. The van der Waals surface area contributed by atoms with E-state index in [0.717, 1.165) is 55.9 Å². The van der Waals surface area contributed by atoms with Gasteiger partial charge in [-0.3, -0.25) is 4.90 Å². The van der Waals surface area contributed by atoms with Crippen molar-refractivity contribution in [2.24, 2.45) is 0 Å². The molecule has 0 unspecified atom stereocenters. The number of alkyl halides is 4. The van der Waals surface area contributed by atoms with Crippen LogP contribution in [0, 0.1) is 0 Å². The standard InChI is InChI=1S/C24H28F3N.C12H17Br.ClH/c1-23(2,3)21-9-7-18(8-10-21)11-14-28-15-12-19(13-16-28)20-5-4-6-22(17-20)24(25,26)27;1-12(2,3)11-6-4-10(5-7-11)8-9-13;/h4-10,12,17H,11,13-16H2,1-3H3;4-7H,8-9H2,1-3H3;1H. The normalized spacial score (nSPS) is 14.4. The highest BCUT2D eigenvalue weighted by molar-refractivity contribution is 9.09. The molecule has 42 heavy (non-hydrogen) atoms. The van der Waals surface area contributed by atoms with E-state index in [0.29, 0.717) is 5.56 Å². The molecule has 0 N–H and O–H groups in total. The summed E-state index contributed by atoms with van der Waals surface area (Å²) < 4.78 is 38.8. The van der Waals surface area contributed by atoms with Gasteiger partial charge in [0.25, 0.3) is 0 Å². The maximum atomic E-state index is 12.9. The number of nitrogens with zero attached hydrogens (tertiary/aromatic N) is 1. The van der Waals surface area contributed by atoms with Gasteiger partial charge in [-0.25, -0.2) is 0 Å². The van der Waals surface area contributed by atoms with E-state index in [9.17, 15) is 13.2 Å². The summed E-state index contributed by atoms with van der Waals surface area (Å²) in [7, 11) is 0. The number of benzene rings is 3. The number of hydrogen-bond donors (Lipinski definition) is 0. The fourth-order valence-corrected chi connectivity index (χ4v) is 5.27. The Labute approximate surface area is 266 Å². The summed E-state index contributed by atoms with van der Waals surface area (Å²) in [4.78, 5) is 2.36. The van der Waals surface area contributed by atoms with Gasteiger partial charge in [0.15, 0.2) is 0 Å². The summed E-state index contributed by atoms with van der Waals surface area (Å²) in [6, 6.07) is 23.4. The van der Waals surface area contributed by atoms with Crippen LogP contribution in [0.1, 0.15) is 81.3 Å². The van der Waals surface area contributed by atoms with Crippen LogP contribution in [0.2, 0.25) is 0 Å². The maximum Gasteiger partial charge on any atom is 0.416 e. The Bertz CT molecular complexity index is 1270. The molecule has 1 heterocycles. The first-order valence-corrected chi connectivity index (χ1v) is 15.6. The largest absolute Gasteiger partial charge is 0.416 e. The Hall–Kier alpha value is -2.08. The van der Waals surface area contributed by atoms with Crippen LogP contribution in [0.5, 0.6) is 0 Å². The fraction of sp³-hybridized carbons (Fsp3) is 0.444. The Morgan fingerprint density at radius 2 is 1.24 bits per heavy atom. The quantitative estimate of drug-likeness (QED) is 0.237. The van der Waals surface area contributed by atoms with Crippen molar-refractivity contribution in [3.05, 3.63) is 112 Å². The Morgan fingerprint density at radius 3 is 1.67 bits per heavy atom. The molecule has 3 aromatic carbocycles. The van der Waals surface area contributed by atoms with Crippen molar-refractivity contribution in [3.8, 4) is 0 Å². The van der Waals surface area contributed by atoms with Crippen LogP contribution in [-0.2, 0) is 29.8 Å². The number of aryl methyl sites for hydroxylation is 1. The van der Waals surface area contributed by atoms with E-state index in [1.54, 1.807) is 6.07 Å². The molecule has 0 saturated heterocycles. The first-order valence-electron chi connectivity index (χ1n) is 14.5. The van der Waals surface area contributed by atoms with Gasteiger partial charge in [-0.05, 0) is 75.6 Å². The predicted molar refractivity (Wildman–Crippen MR) is 179 cm³/mol. The third kappa shape index (κ3) is 11.2. The maximum absolute atomic E-state index is 12.9. The molecule has 230 valence electrons. The second kappa shape index (κ2) is 15.6. The summed E-state index contributed by atoms with van der Waals surface area (Å²) in [6.07, 6.45) is 0.660. The van der Waals surface area contributed by atoms with Gasteiger partial charge >= 0.3 is 6.18 Å². The van der Waals surface area contributed by atoms with E-state index in [1.165, 1.54) is 34.4 Å². The molecule has 0 aliphatic carbocycles. The van der Waals surface area contributed by atoms with Gasteiger partial charge in [-0.1, -0.05) is 124 Å². The molecular formula is C36H46BrClF3N. The number of hydrogen-bond acceptors (Lipinski definition) is 1. The van der Waals surface area contributed by atoms with Crippen molar-refractivity contribution in [3.63, 3.8) is 0 Å². The zero-order chi connectivity index (χ0) is 30.3. The van der Waals surface area contributed by atoms with Crippen molar-refractivity contribution in [1.82, 2.24) is 4.90 Å². The Kier molecular flexibility index (Phi) is 13.4. The smallest absolute Gasteiger partial charge is 0.299 e. The van der Waals surface area contributed by atoms with Crippen LogP contribution in [0.4, 0.5) is 13.2 Å². The van der Waals surface area contributed by atoms with Crippen molar-refractivity contribution < 1.29 is 13.2 Å². The summed E-state index contributed by atoms with van der Waals surface area (Å²) in [5.74, 6) is 0. The first kappa shape index (κ1) is 36.1. The highest BCUT2D eigenvalue weighted by Crippen LogP contribution is 2.32. The van der Waals surface area contributed by atoms with E-state index >= 15 is 0 Å². The first-order chi connectivity index (χ1) is 19.2. The van der Waals surface area contributed by atoms with E-state index in [1.807, 2.05) is 0 Å². The molecule has 6 heteroatoms. The Morgan fingerprint density at radius 1 is 0.714 bits per heavy atom. The molecule has 0 spiro atoms. The van der Waals surface area contributed by atoms with Crippen LogP contribution >= 0.6 is 28.3 Å². The number of halogens is 5. The predicted octanol–water partition coefficient (Wildman–Crippen LogP) is 10.7. The van der Waals surface area contributed by atoms with Gasteiger partial charge < -0.3 is 0 Å². The average Bonchev–Trinajstić information content (AvgIpc) is 2.92. The summed E-state index contributed by atoms with van der Waals surface area (Å²) in [6.45, 7) is 16.0. The summed E-state index contributed by atoms with van der Waals surface area (Å²) >= 11 is 3.44.